The molecule has 2 saturated carbocycles. The number of fused-ring (bicyclic) bond motifs is 3. The zero-order valence-corrected chi connectivity index (χ0v) is 22.6. The molecule has 4 fully saturated rings. The molecule has 8 heteroatoms. The van der Waals surface area contributed by atoms with Crippen molar-refractivity contribution >= 4 is 11.8 Å². The molecule has 2 heterocycles. The van der Waals surface area contributed by atoms with Gasteiger partial charge in [0.05, 0.1) is 18.2 Å². The number of hydrogen-bond donors (Lipinski definition) is 3. The Bertz CT molecular complexity index is 898. The average molecular weight is 508 g/mol. The number of nitrogens with zero attached hydrogens (tertiary/aromatic N) is 1. The lowest BCUT2D eigenvalue weighted by atomic mass is 9.40. The van der Waals surface area contributed by atoms with Crippen molar-refractivity contribution in [2.75, 3.05) is 19.6 Å². The van der Waals surface area contributed by atoms with E-state index < -0.39 is 63.6 Å². The first-order chi connectivity index (χ1) is 16.7. The summed E-state index contributed by atoms with van der Waals surface area (Å²) in [6.45, 7) is 14.4. The van der Waals surface area contributed by atoms with E-state index in [0.29, 0.717) is 12.8 Å². The number of rotatable bonds is 4. The van der Waals surface area contributed by atoms with Crippen LogP contribution >= 0.6 is 0 Å². The predicted octanol–water partition coefficient (Wildman–Crippen LogP) is 2.38. The minimum Gasteiger partial charge on any atom is -0.458 e. The lowest BCUT2D eigenvalue weighted by Crippen LogP contribution is -2.86. The van der Waals surface area contributed by atoms with Crippen molar-refractivity contribution in [3.8, 4) is 0 Å². The monoisotopic (exact) mass is 507 g/mol. The van der Waals surface area contributed by atoms with Gasteiger partial charge in [0.2, 0.25) is 0 Å². The first kappa shape index (κ1) is 27.7. The van der Waals surface area contributed by atoms with Crippen LogP contribution in [0.2, 0.25) is 0 Å². The number of carbonyl (C=O) groups excluding carboxylic acids is 2. The summed E-state index contributed by atoms with van der Waals surface area (Å²) < 4.78 is 12.4. The Balaban J connectivity index is 1.78. The number of ketones is 1. The number of Topliss-reactive ketones (excluding diaryl/α,β-unsaturated/α-hetero) is 1. The van der Waals surface area contributed by atoms with Gasteiger partial charge in [-0.1, -0.05) is 39.7 Å². The molecule has 8 atom stereocenters. The van der Waals surface area contributed by atoms with Crippen molar-refractivity contribution in [3.63, 3.8) is 0 Å². The molecule has 0 amide bonds. The fourth-order valence-electron chi connectivity index (χ4n) is 8.07. The van der Waals surface area contributed by atoms with Crippen LogP contribution in [0, 0.1) is 16.7 Å². The number of esters is 1. The normalized spacial score (nSPS) is 47.3. The number of carbonyl (C=O) groups is 2. The van der Waals surface area contributed by atoms with Crippen LogP contribution in [0.3, 0.4) is 0 Å². The van der Waals surface area contributed by atoms with Crippen LogP contribution in [0.1, 0.15) is 79.6 Å². The van der Waals surface area contributed by atoms with Crippen molar-refractivity contribution < 1.29 is 34.4 Å². The van der Waals surface area contributed by atoms with Crippen LogP contribution in [0.15, 0.2) is 12.7 Å². The number of aliphatic hydroxyl groups is 3. The molecule has 0 aromatic carbocycles. The second kappa shape index (κ2) is 9.16. The molecule has 0 aromatic rings. The number of hydrogen-bond acceptors (Lipinski definition) is 8. The highest BCUT2D eigenvalue weighted by molar-refractivity contribution is 5.92. The molecule has 0 bridgehead atoms. The Labute approximate surface area is 215 Å². The highest BCUT2D eigenvalue weighted by Crippen LogP contribution is 2.67. The Morgan fingerprint density at radius 1 is 1.14 bits per heavy atom. The van der Waals surface area contributed by atoms with Gasteiger partial charge < -0.3 is 24.8 Å². The van der Waals surface area contributed by atoms with E-state index in [1.165, 1.54) is 13.0 Å². The fraction of sp³-hybridized carbons (Fsp3) is 0.857. The minimum atomic E-state index is -2.20. The summed E-state index contributed by atoms with van der Waals surface area (Å²) in [5.41, 5.74) is -7.12. The summed E-state index contributed by atoms with van der Waals surface area (Å²) in [6.07, 6.45) is 3.03. The van der Waals surface area contributed by atoms with Crippen LogP contribution in [0.25, 0.3) is 0 Å². The van der Waals surface area contributed by atoms with Crippen LogP contribution in [-0.2, 0) is 19.1 Å². The smallest absolute Gasteiger partial charge is 0.320 e. The molecule has 0 spiro atoms. The lowest BCUT2D eigenvalue weighted by molar-refractivity contribution is -0.370. The summed E-state index contributed by atoms with van der Waals surface area (Å²) in [5, 5.41) is 35.6. The quantitative estimate of drug-likeness (QED) is 0.392. The molecule has 2 saturated heterocycles. The van der Waals surface area contributed by atoms with Crippen molar-refractivity contribution in [3.05, 3.63) is 12.7 Å². The summed E-state index contributed by atoms with van der Waals surface area (Å²) in [4.78, 5) is 29.2. The molecule has 3 N–H and O–H groups in total. The summed E-state index contributed by atoms with van der Waals surface area (Å²) >= 11 is 0. The van der Waals surface area contributed by atoms with Gasteiger partial charge in [0.1, 0.15) is 17.8 Å². The molecular formula is C28H45NO7. The van der Waals surface area contributed by atoms with Crippen molar-refractivity contribution in [1.82, 2.24) is 4.90 Å². The Kier molecular flexibility index (Phi) is 7.05. The molecular weight excluding hydrogens is 462 g/mol. The van der Waals surface area contributed by atoms with Gasteiger partial charge in [-0.25, -0.2) is 0 Å². The third-order valence-corrected chi connectivity index (χ3v) is 10.1. The summed E-state index contributed by atoms with van der Waals surface area (Å²) in [7, 11) is 0. The molecule has 4 rings (SSSR count). The zero-order chi connectivity index (χ0) is 26.7. The third kappa shape index (κ3) is 3.90. The number of ether oxygens (including phenoxy) is 2. The lowest BCUT2D eigenvalue weighted by Gasteiger charge is -2.71. The van der Waals surface area contributed by atoms with Crippen LogP contribution < -0.4 is 0 Å². The number of likely N-dealkylation sites (tertiary alicyclic amines) is 1. The predicted molar refractivity (Wildman–Crippen MR) is 134 cm³/mol. The highest BCUT2D eigenvalue weighted by Gasteiger charge is 2.81. The first-order valence-electron chi connectivity index (χ1n) is 13.5. The molecule has 4 unspecified atom stereocenters. The van der Waals surface area contributed by atoms with E-state index >= 15 is 0 Å². The molecule has 2 aliphatic carbocycles. The second-order valence-corrected chi connectivity index (χ2v) is 12.9. The van der Waals surface area contributed by atoms with Crippen LogP contribution in [0.5, 0.6) is 0 Å². The van der Waals surface area contributed by atoms with Gasteiger partial charge in [0.15, 0.2) is 11.4 Å². The largest absolute Gasteiger partial charge is 0.458 e. The number of aliphatic hydroxyl groups excluding tert-OH is 2. The van der Waals surface area contributed by atoms with Gasteiger partial charge >= 0.3 is 5.97 Å². The topological polar surface area (TPSA) is 117 Å². The maximum absolute atomic E-state index is 13.8. The Morgan fingerprint density at radius 3 is 2.33 bits per heavy atom. The maximum atomic E-state index is 13.8. The maximum Gasteiger partial charge on any atom is 0.320 e. The van der Waals surface area contributed by atoms with Gasteiger partial charge in [0, 0.05) is 17.8 Å². The van der Waals surface area contributed by atoms with E-state index in [-0.39, 0.29) is 13.0 Å². The SMILES string of the molecule is C=C[C@@]1(C)CC(=O)[C@]2(O)C3(C)C(C(OC(=O)CN4CCCCCC4)C(O)[C@@]2(C)O1)C(C)(C)CC[C@@H]3O. The third-order valence-electron chi connectivity index (χ3n) is 10.1. The zero-order valence-electron chi connectivity index (χ0n) is 22.6. The van der Waals surface area contributed by atoms with E-state index in [1.807, 2.05) is 13.8 Å². The molecule has 4 aliphatic rings. The molecule has 8 nitrogen and oxygen atoms in total. The first-order valence-corrected chi connectivity index (χ1v) is 13.5. The van der Waals surface area contributed by atoms with Gasteiger partial charge in [-0.2, -0.15) is 0 Å². The van der Waals surface area contributed by atoms with E-state index in [4.69, 9.17) is 9.47 Å². The Hall–Kier alpha value is -1.32. The fourth-order valence-corrected chi connectivity index (χ4v) is 8.07. The molecule has 0 aromatic heterocycles. The van der Waals surface area contributed by atoms with Crippen LogP contribution in [0.4, 0.5) is 0 Å². The van der Waals surface area contributed by atoms with E-state index in [2.05, 4.69) is 11.5 Å². The van der Waals surface area contributed by atoms with Crippen molar-refractivity contribution in [2.24, 2.45) is 16.7 Å². The summed E-state index contributed by atoms with van der Waals surface area (Å²) in [5.74, 6) is -1.64. The van der Waals surface area contributed by atoms with E-state index in [1.54, 1.807) is 13.8 Å². The summed E-state index contributed by atoms with van der Waals surface area (Å²) in [6, 6.07) is 0. The van der Waals surface area contributed by atoms with Crippen molar-refractivity contribution in [1.29, 1.82) is 0 Å². The van der Waals surface area contributed by atoms with Crippen LogP contribution in [-0.4, -0.2) is 86.7 Å². The highest BCUT2D eigenvalue weighted by atomic mass is 16.6. The van der Waals surface area contributed by atoms with E-state index in [0.717, 1.165) is 38.8 Å². The molecule has 204 valence electrons. The molecule has 0 radical (unpaired) electrons. The van der Waals surface area contributed by atoms with Gasteiger partial charge in [-0.3, -0.25) is 14.5 Å². The van der Waals surface area contributed by atoms with E-state index in [9.17, 15) is 24.9 Å². The molecule has 36 heavy (non-hydrogen) atoms. The Morgan fingerprint density at radius 2 is 1.75 bits per heavy atom. The second-order valence-electron chi connectivity index (χ2n) is 12.9. The molecule has 2 aliphatic heterocycles. The minimum absolute atomic E-state index is 0.112. The van der Waals surface area contributed by atoms with Crippen molar-refractivity contribution in [2.45, 2.75) is 115 Å². The standard InChI is InChI=1S/C28H45NO7/c1-7-25(4)16-19(31)28(34)26(5)18(30)12-13-24(2,3)22(26)21(23(33)27(28,6)36-25)35-20(32)17-29-14-10-8-9-11-15-29/h7,18,21-23,30,33-34H,1,8-17H2,2-6H3/t18-,21?,22?,23?,25-,26?,27+,28-/m0/s1. The average Bonchev–Trinajstić information content (AvgIpc) is 3.06. The van der Waals surface area contributed by atoms with Gasteiger partial charge in [-0.15, -0.1) is 6.58 Å². The van der Waals surface area contributed by atoms with Gasteiger partial charge in [-0.05, 0) is 58.0 Å². The van der Waals surface area contributed by atoms with Gasteiger partial charge in [0.25, 0.3) is 0 Å².